The van der Waals surface area contributed by atoms with Gasteiger partial charge in [-0.2, -0.15) is 0 Å². The van der Waals surface area contributed by atoms with Gasteiger partial charge in [0.05, 0.1) is 11.7 Å². The molecule has 0 aliphatic carbocycles. The minimum atomic E-state index is 0.317. The van der Waals surface area contributed by atoms with Crippen LogP contribution in [-0.2, 0) is 0 Å². The predicted octanol–water partition coefficient (Wildman–Crippen LogP) is 1.04. The van der Waals surface area contributed by atoms with Gasteiger partial charge < -0.3 is 16.0 Å². The maximum absolute atomic E-state index is 3.94. The van der Waals surface area contributed by atoms with Gasteiger partial charge in [-0.25, -0.2) is 0 Å². The Bertz CT molecular complexity index is 350. The highest BCUT2D eigenvalue weighted by atomic mass is 15.1. The zero-order chi connectivity index (χ0) is 11.4. The molecule has 0 aromatic carbocycles. The van der Waals surface area contributed by atoms with Crippen molar-refractivity contribution >= 4 is 0 Å². The molecule has 2 aliphatic heterocycles. The predicted molar refractivity (Wildman–Crippen MR) is 66.9 cm³/mol. The summed E-state index contributed by atoms with van der Waals surface area (Å²) < 4.78 is 0. The molecule has 1 saturated heterocycles. The second kappa shape index (κ2) is 5.17. The Morgan fingerprint density at radius 3 is 3.06 bits per heavy atom. The van der Waals surface area contributed by atoms with Crippen LogP contribution in [0.25, 0.3) is 0 Å². The lowest BCUT2D eigenvalue weighted by atomic mass is 10.0. The van der Waals surface area contributed by atoms with Crippen LogP contribution in [0.1, 0.15) is 12.8 Å². The van der Waals surface area contributed by atoms with E-state index in [9.17, 15) is 0 Å². The molecular formula is C13H19N3. The highest BCUT2D eigenvalue weighted by molar-refractivity contribution is 5.19. The van der Waals surface area contributed by atoms with Crippen LogP contribution >= 0.6 is 0 Å². The van der Waals surface area contributed by atoms with Gasteiger partial charge in [0, 0.05) is 24.8 Å². The molecule has 0 spiro atoms. The lowest BCUT2D eigenvalue weighted by Crippen LogP contribution is -2.48. The monoisotopic (exact) mass is 217 g/mol. The highest BCUT2D eigenvalue weighted by Crippen LogP contribution is 2.17. The normalized spacial score (nSPS) is 29.8. The molecule has 0 bridgehead atoms. The van der Waals surface area contributed by atoms with Crippen molar-refractivity contribution in [2.45, 2.75) is 24.9 Å². The Labute approximate surface area is 97.0 Å². The molecule has 0 radical (unpaired) electrons. The van der Waals surface area contributed by atoms with Gasteiger partial charge in [-0.15, -0.1) is 5.73 Å². The first-order valence-corrected chi connectivity index (χ1v) is 5.78. The van der Waals surface area contributed by atoms with Crippen LogP contribution < -0.4 is 16.0 Å². The summed E-state index contributed by atoms with van der Waals surface area (Å²) in [7, 11) is 0. The number of rotatable bonds is 2. The van der Waals surface area contributed by atoms with Gasteiger partial charge in [0.2, 0.25) is 0 Å². The molecule has 86 valence electrons. The van der Waals surface area contributed by atoms with E-state index in [1.807, 2.05) is 0 Å². The molecular weight excluding hydrogens is 198 g/mol. The third-order valence-corrected chi connectivity index (χ3v) is 3.00. The minimum Gasteiger partial charge on any atom is -0.355 e. The lowest BCUT2D eigenvalue weighted by molar-refractivity contribution is 0.430. The molecule has 2 aliphatic rings. The third-order valence-electron chi connectivity index (χ3n) is 3.00. The first-order chi connectivity index (χ1) is 7.79. The molecule has 0 amide bonds. The largest absolute Gasteiger partial charge is 0.355 e. The average Bonchev–Trinajstić information content (AvgIpc) is 2.33. The number of nitrogens with one attached hydrogen (secondary N) is 3. The molecule has 2 unspecified atom stereocenters. The van der Waals surface area contributed by atoms with Gasteiger partial charge >= 0.3 is 0 Å². The van der Waals surface area contributed by atoms with Gasteiger partial charge in [0.15, 0.2) is 0 Å². The van der Waals surface area contributed by atoms with Gasteiger partial charge in [0.1, 0.15) is 0 Å². The van der Waals surface area contributed by atoms with Gasteiger partial charge in [-0.1, -0.05) is 25.3 Å². The molecule has 0 aromatic heterocycles. The molecule has 0 aromatic rings. The van der Waals surface area contributed by atoms with Crippen LogP contribution in [0.2, 0.25) is 0 Å². The zero-order valence-electron chi connectivity index (χ0n) is 9.55. The van der Waals surface area contributed by atoms with E-state index in [1.54, 1.807) is 0 Å². The van der Waals surface area contributed by atoms with E-state index >= 15 is 0 Å². The molecule has 16 heavy (non-hydrogen) atoms. The van der Waals surface area contributed by atoms with Crippen molar-refractivity contribution < 1.29 is 0 Å². The van der Waals surface area contributed by atoms with E-state index in [4.69, 9.17) is 0 Å². The molecule has 0 saturated carbocycles. The van der Waals surface area contributed by atoms with Crippen LogP contribution in [0.5, 0.6) is 0 Å². The Kier molecular flexibility index (Phi) is 3.62. The summed E-state index contributed by atoms with van der Waals surface area (Å²) in [5.74, 6) is 0. The Hall–Kier alpha value is -1.28. The number of allylic oxidation sites excluding steroid dienone is 1. The van der Waals surface area contributed by atoms with E-state index < -0.39 is 0 Å². The summed E-state index contributed by atoms with van der Waals surface area (Å²) in [4.78, 5) is 0. The molecule has 3 N–H and O–H groups in total. The SMILES string of the molecule is C=C=C1NC(=C)CCC1NC1C=CCNC1. The van der Waals surface area contributed by atoms with Gasteiger partial charge in [-0.05, 0) is 12.8 Å². The van der Waals surface area contributed by atoms with E-state index in [-0.39, 0.29) is 0 Å². The molecule has 3 heteroatoms. The molecule has 1 fully saturated rings. The smallest absolute Gasteiger partial charge is 0.0746 e. The lowest BCUT2D eigenvalue weighted by Gasteiger charge is -2.31. The zero-order valence-corrected chi connectivity index (χ0v) is 9.55. The van der Waals surface area contributed by atoms with Crippen molar-refractivity contribution in [1.29, 1.82) is 0 Å². The van der Waals surface area contributed by atoms with Crippen LogP contribution in [-0.4, -0.2) is 25.2 Å². The highest BCUT2D eigenvalue weighted by Gasteiger charge is 2.22. The van der Waals surface area contributed by atoms with Crippen LogP contribution in [0, 0.1) is 0 Å². The summed E-state index contributed by atoms with van der Waals surface area (Å²) >= 11 is 0. The Balaban J connectivity index is 1.97. The summed E-state index contributed by atoms with van der Waals surface area (Å²) in [6, 6.07) is 0.716. The maximum Gasteiger partial charge on any atom is 0.0746 e. The van der Waals surface area contributed by atoms with Crippen LogP contribution in [0.4, 0.5) is 0 Å². The number of piperidine rings is 1. The van der Waals surface area contributed by atoms with E-state index in [0.29, 0.717) is 12.1 Å². The summed E-state index contributed by atoms with van der Waals surface area (Å²) in [6.45, 7) is 9.62. The molecule has 2 heterocycles. The summed E-state index contributed by atoms with van der Waals surface area (Å²) in [5, 5.41) is 10.2. The summed E-state index contributed by atoms with van der Waals surface area (Å²) in [6.07, 6.45) is 6.45. The van der Waals surface area contributed by atoms with E-state index in [1.165, 1.54) is 0 Å². The third kappa shape index (κ3) is 2.64. The average molecular weight is 217 g/mol. The van der Waals surface area contributed by atoms with Gasteiger partial charge in [0.25, 0.3) is 0 Å². The fourth-order valence-corrected chi connectivity index (χ4v) is 2.13. The Morgan fingerprint density at radius 1 is 1.50 bits per heavy atom. The first-order valence-electron chi connectivity index (χ1n) is 5.78. The Morgan fingerprint density at radius 2 is 2.38 bits per heavy atom. The van der Waals surface area contributed by atoms with Crippen molar-refractivity contribution in [2.24, 2.45) is 0 Å². The van der Waals surface area contributed by atoms with Crippen molar-refractivity contribution in [3.63, 3.8) is 0 Å². The van der Waals surface area contributed by atoms with Crippen molar-refractivity contribution in [3.05, 3.63) is 42.4 Å². The van der Waals surface area contributed by atoms with Crippen molar-refractivity contribution in [3.8, 4) is 0 Å². The van der Waals surface area contributed by atoms with E-state index in [2.05, 4.69) is 47.0 Å². The fourth-order valence-electron chi connectivity index (χ4n) is 2.13. The van der Waals surface area contributed by atoms with Crippen molar-refractivity contribution in [2.75, 3.05) is 13.1 Å². The van der Waals surface area contributed by atoms with Gasteiger partial charge in [-0.3, -0.25) is 0 Å². The minimum absolute atomic E-state index is 0.317. The second-order valence-electron chi connectivity index (χ2n) is 4.27. The second-order valence-corrected chi connectivity index (χ2v) is 4.27. The van der Waals surface area contributed by atoms with Crippen LogP contribution in [0.3, 0.4) is 0 Å². The number of hydrogen-bond donors (Lipinski definition) is 3. The number of hydrogen-bond acceptors (Lipinski definition) is 3. The molecule has 3 nitrogen and oxygen atoms in total. The topological polar surface area (TPSA) is 36.1 Å². The van der Waals surface area contributed by atoms with Crippen LogP contribution in [0.15, 0.2) is 42.4 Å². The quantitative estimate of drug-likeness (QED) is 0.478. The first kappa shape index (κ1) is 11.2. The van der Waals surface area contributed by atoms with E-state index in [0.717, 1.165) is 37.3 Å². The summed E-state index contributed by atoms with van der Waals surface area (Å²) in [5.41, 5.74) is 5.04. The fraction of sp³-hybridized carbons (Fsp3) is 0.462. The molecule has 2 rings (SSSR count). The molecule has 2 atom stereocenters. The van der Waals surface area contributed by atoms with Crippen molar-refractivity contribution in [1.82, 2.24) is 16.0 Å². The standard InChI is InChI=1S/C13H19N3/c1-3-12-13(7-6-10(2)15-12)16-11-5-4-8-14-9-11/h4-5,11,13-16H,1-2,6-9H2. The maximum atomic E-state index is 3.94.